The van der Waals surface area contributed by atoms with Gasteiger partial charge in [-0.2, -0.15) is 0 Å². The third-order valence-corrected chi connectivity index (χ3v) is 3.63. The van der Waals surface area contributed by atoms with Gasteiger partial charge < -0.3 is 0 Å². The summed E-state index contributed by atoms with van der Waals surface area (Å²) in [6.45, 7) is 2.03. The summed E-state index contributed by atoms with van der Waals surface area (Å²) in [7, 11) is 0. The van der Waals surface area contributed by atoms with E-state index < -0.39 is 0 Å². The topological polar surface area (TPSA) is 50.9 Å². The summed E-state index contributed by atoms with van der Waals surface area (Å²) in [4.78, 5) is 4.45. The van der Waals surface area contributed by atoms with E-state index in [4.69, 9.17) is 5.84 Å². The normalized spacial score (nSPS) is 18.4. The maximum absolute atomic E-state index is 5.53. The molecule has 1 aliphatic rings. The average Bonchev–Trinajstić information content (AvgIpc) is 2.89. The van der Waals surface area contributed by atoms with E-state index in [2.05, 4.69) is 15.8 Å². The van der Waals surface area contributed by atoms with Gasteiger partial charge in [-0.05, 0) is 19.3 Å². The molecule has 0 aliphatic heterocycles. The first-order valence-electron chi connectivity index (χ1n) is 5.15. The second-order valence-corrected chi connectivity index (χ2v) is 5.07. The molecule has 1 heterocycles. The SMILES string of the molecule is Cc1csc(CC(CC2CC2)NN)n1. The van der Waals surface area contributed by atoms with Crippen molar-refractivity contribution in [2.45, 2.75) is 38.6 Å². The quantitative estimate of drug-likeness (QED) is 0.575. The fourth-order valence-corrected chi connectivity index (χ4v) is 2.53. The lowest BCUT2D eigenvalue weighted by Gasteiger charge is -2.13. The fourth-order valence-electron chi connectivity index (χ4n) is 1.67. The maximum Gasteiger partial charge on any atom is 0.0944 e. The van der Waals surface area contributed by atoms with Crippen LogP contribution in [0.4, 0.5) is 0 Å². The summed E-state index contributed by atoms with van der Waals surface area (Å²) in [5, 5.41) is 3.30. The highest BCUT2D eigenvalue weighted by Crippen LogP contribution is 2.34. The summed E-state index contributed by atoms with van der Waals surface area (Å²) >= 11 is 1.73. The summed E-state index contributed by atoms with van der Waals surface area (Å²) in [6, 6.07) is 0.410. The molecule has 1 fully saturated rings. The van der Waals surface area contributed by atoms with E-state index in [0.29, 0.717) is 6.04 Å². The predicted octanol–water partition coefficient (Wildman–Crippen LogP) is 1.63. The molecule has 0 bridgehead atoms. The molecule has 78 valence electrons. The van der Waals surface area contributed by atoms with Crippen LogP contribution in [0.2, 0.25) is 0 Å². The van der Waals surface area contributed by atoms with Crippen molar-refractivity contribution in [3.8, 4) is 0 Å². The highest BCUT2D eigenvalue weighted by Gasteiger charge is 2.25. The van der Waals surface area contributed by atoms with Crippen molar-refractivity contribution < 1.29 is 0 Å². The van der Waals surface area contributed by atoms with Crippen LogP contribution < -0.4 is 11.3 Å². The van der Waals surface area contributed by atoms with Crippen molar-refractivity contribution in [3.63, 3.8) is 0 Å². The Balaban J connectivity index is 1.86. The van der Waals surface area contributed by atoms with Crippen LogP contribution in [0.1, 0.15) is 30.0 Å². The van der Waals surface area contributed by atoms with Crippen LogP contribution in [-0.2, 0) is 6.42 Å². The van der Waals surface area contributed by atoms with Crippen molar-refractivity contribution in [1.29, 1.82) is 0 Å². The number of aryl methyl sites for hydroxylation is 1. The van der Waals surface area contributed by atoms with Gasteiger partial charge >= 0.3 is 0 Å². The number of hydrogen-bond donors (Lipinski definition) is 2. The van der Waals surface area contributed by atoms with E-state index in [9.17, 15) is 0 Å². The molecular weight excluding hydrogens is 194 g/mol. The molecule has 1 aromatic rings. The number of hydrazine groups is 1. The monoisotopic (exact) mass is 211 g/mol. The number of aromatic nitrogens is 1. The van der Waals surface area contributed by atoms with Crippen LogP contribution in [0.15, 0.2) is 5.38 Å². The number of nitrogens with one attached hydrogen (secondary N) is 1. The summed E-state index contributed by atoms with van der Waals surface area (Å²) in [6.07, 6.45) is 4.95. The third-order valence-electron chi connectivity index (χ3n) is 2.64. The second-order valence-electron chi connectivity index (χ2n) is 4.13. The maximum atomic E-state index is 5.53. The van der Waals surface area contributed by atoms with Crippen molar-refractivity contribution >= 4 is 11.3 Å². The first-order valence-corrected chi connectivity index (χ1v) is 6.03. The number of rotatable bonds is 5. The van der Waals surface area contributed by atoms with Crippen LogP contribution in [0.5, 0.6) is 0 Å². The highest BCUT2D eigenvalue weighted by molar-refractivity contribution is 7.09. The van der Waals surface area contributed by atoms with Gasteiger partial charge in [-0.25, -0.2) is 4.98 Å². The van der Waals surface area contributed by atoms with Crippen LogP contribution in [0.3, 0.4) is 0 Å². The first kappa shape index (κ1) is 10.1. The van der Waals surface area contributed by atoms with Crippen LogP contribution >= 0.6 is 11.3 Å². The zero-order valence-electron chi connectivity index (χ0n) is 8.49. The molecule has 14 heavy (non-hydrogen) atoms. The van der Waals surface area contributed by atoms with E-state index >= 15 is 0 Å². The van der Waals surface area contributed by atoms with Gasteiger partial charge in [0.15, 0.2) is 0 Å². The van der Waals surface area contributed by atoms with Crippen molar-refractivity contribution in [1.82, 2.24) is 10.4 Å². The van der Waals surface area contributed by atoms with Gasteiger partial charge in [0.1, 0.15) is 0 Å². The lowest BCUT2D eigenvalue weighted by molar-refractivity contribution is 0.465. The number of nitrogens with zero attached hydrogens (tertiary/aromatic N) is 1. The Morgan fingerprint density at radius 2 is 2.50 bits per heavy atom. The van der Waals surface area contributed by atoms with Crippen molar-refractivity contribution in [3.05, 3.63) is 16.1 Å². The van der Waals surface area contributed by atoms with Gasteiger partial charge in [0.05, 0.1) is 5.01 Å². The molecule has 0 saturated heterocycles. The molecule has 2 rings (SSSR count). The Morgan fingerprint density at radius 1 is 1.71 bits per heavy atom. The minimum atomic E-state index is 0.410. The van der Waals surface area contributed by atoms with E-state index in [1.165, 1.54) is 24.3 Å². The van der Waals surface area contributed by atoms with E-state index in [1.807, 2.05) is 6.92 Å². The van der Waals surface area contributed by atoms with E-state index in [-0.39, 0.29) is 0 Å². The molecule has 1 unspecified atom stereocenters. The Morgan fingerprint density at radius 3 is 3.00 bits per heavy atom. The summed E-state index contributed by atoms with van der Waals surface area (Å²) in [5.74, 6) is 6.44. The van der Waals surface area contributed by atoms with Gasteiger partial charge in [0, 0.05) is 23.5 Å². The van der Waals surface area contributed by atoms with Crippen LogP contribution in [-0.4, -0.2) is 11.0 Å². The van der Waals surface area contributed by atoms with E-state index in [0.717, 1.165) is 18.0 Å². The predicted molar refractivity (Wildman–Crippen MR) is 59.0 cm³/mol. The van der Waals surface area contributed by atoms with Gasteiger partial charge in [-0.1, -0.05) is 12.8 Å². The molecule has 0 aromatic carbocycles. The fraction of sp³-hybridized carbons (Fsp3) is 0.700. The first-order chi connectivity index (χ1) is 6.78. The molecule has 0 amide bonds. The Kier molecular flexibility index (Phi) is 3.15. The molecular formula is C10H17N3S. The number of thiazole rings is 1. The molecule has 3 nitrogen and oxygen atoms in total. The molecule has 0 radical (unpaired) electrons. The third kappa shape index (κ3) is 2.77. The minimum Gasteiger partial charge on any atom is -0.271 e. The van der Waals surface area contributed by atoms with Crippen molar-refractivity contribution in [2.75, 3.05) is 0 Å². The van der Waals surface area contributed by atoms with Gasteiger partial charge in [-0.15, -0.1) is 11.3 Å². The lowest BCUT2D eigenvalue weighted by Crippen LogP contribution is -2.37. The summed E-state index contributed by atoms with van der Waals surface area (Å²) in [5.41, 5.74) is 4.02. The Bertz CT molecular complexity index is 293. The lowest BCUT2D eigenvalue weighted by atomic mass is 10.1. The largest absolute Gasteiger partial charge is 0.271 e. The molecule has 3 N–H and O–H groups in total. The van der Waals surface area contributed by atoms with Crippen LogP contribution in [0.25, 0.3) is 0 Å². The zero-order chi connectivity index (χ0) is 9.97. The van der Waals surface area contributed by atoms with Crippen LogP contribution in [0, 0.1) is 12.8 Å². The zero-order valence-corrected chi connectivity index (χ0v) is 9.31. The Labute approximate surface area is 88.7 Å². The van der Waals surface area contributed by atoms with Gasteiger partial charge in [0.25, 0.3) is 0 Å². The molecule has 1 atom stereocenters. The van der Waals surface area contributed by atoms with E-state index in [1.54, 1.807) is 11.3 Å². The molecule has 0 spiro atoms. The minimum absolute atomic E-state index is 0.410. The smallest absolute Gasteiger partial charge is 0.0944 e. The number of hydrogen-bond acceptors (Lipinski definition) is 4. The number of nitrogens with two attached hydrogens (primary N) is 1. The molecule has 4 heteroatoms. The second kappa shape index (κ2) is 4.38. The van der Waals surface area contributed by atoms with Crippen molar-refractivity contribution in [2.24, 2.45) is 11.8 Å². The summed E-state index contributed by atoms with van der Waals surface area (Å²) < 4.78 is 0. The molecule has 1 aliphatic carbocycles. The highest BCUT2D eigenvalue weighted by atomic mass is 32.1. The molecule has 1 saturated carbocycles. The average molecular weight is 211 g/mol. The van der Waals surface area contributed by atoms with Gasteiger partial charge in [-0.3, -0.25) is 11.3 Å². The standard InChI is InChI=1S/C10H17N3S/c1-7-6-14-10(12-7)5-9(13-11)4-8-2-3-8/h6,8-9,13H,2-5,11H2,1H3. The Hall–Kier alpha value is -0.450. The molecule has 1 aromatic heterocycles. The van der Waals surface area contributed by atoms with Gasteiger partial charge in [0.2, 0.25) is 0 Å².